The van der Waals surface area contributed by atoms with Crippen LogP contribution in [0.5, 0.6) is 0 Å². The van der Waals surface area contributed by atoms with E-state index in [1.54, 1.807) is 0 Å². The molecule has 0 aromatic carbocycles. The molecule has 0 radical (unpaired) electrons. The van der Waals surface area contributed by atoms with Gasteiger partial charge in [-0.05, 0) is 80.0 Å². The van der Waals surface area contributed by atoms with Gasteiger partial charge in [0.25, 0.3) is 0 Å². The van der Waals surface area contributed by atoms with Crippen molar-refractivity contribution in [3.8, 4) is 0 Å². The fourth-order valence-corrected chi connectivity index (χ4v) is 8.94. The van der Waals surface area contributed by atoms with Crippen molar-refractivity contribution in [1.82, 2.24) is 0 Å². The van der Waals surface area contributed by atoms with Gasteiger partial charge in [0, 0.05) is 16.8 Å². The number of fused-ring (bicyclic) bond motifs is 5. The molecule has 0 aromatic heterocycles. The number of aliphatic hydroxyl groups is 1. The predicted molar refractivity (Wildman–Crippen MR) is 101 cm³/mol. The lowest BCUT2D eigenvalue weighted by Gasteiger charge is -2.62. The summed E-state index contributed by atoms with van der Waals surface area (Å²) in [6.07, 6.45) is 8.63. The quantitative estimate of drug-likeness (QED) is 0.444. The van der Waals surface area contributed by atoms with Crippen molar-refractivity contribution < 1.29 is 9.90 Å². The monoisotopic (exact) mass is 430 g/mol. The van der Waals surface area contributed by atoms with Gasteiger partial charge in [0.15, 0.2) is 0 Å². The first-order valence-corrected chi connectivity index (χ1v) is 10.8. The molecule has 4 rings (SSSR count). The van der Waals surface area contributed by atoms with Crippen LogP contribution in [0, 0.1) is 34.5 Å². The second-order valence-corrected chi connectivity index (χ2v) is 11.4. The highest BCUT2D eigenvalue weighted by molar-refractivity contribution is 14.1. The maximum Gasteiger partial charge on any atom is 0.133 e. The van der Waals surface area contributed by atoms with Crippen LogP contribution in [0.3, 0.4) is 0 Å². The van der Waals surface area contributed by atoms with Gasteiger partial charge < -0.3 is 5.11 Å². The molecule has 4 aliphatic rings. The fraction of sp³-hybridized carbons (Fsp3) is 0.950. The molecule has 4 fully saturated rings. The highest BCUT2D eigenvalue weighted by Gasteiger charge is 2.64. The van der Waals surface area contributed by atoms with E-state index >= 15 is 0 Å². The minimum Gasteiger partial charge on any atom is -0.390 e. The van der Waals surface area contributed by atoms with Crippen molar-refractivity contribution in [3.05, 3.63) is 0 Å². The van der Waals surface area contributed by atoms with Crippen LogP contribution < -0.4 is 0 Å². The number of carbonyl (C=O) groups is 1. The second-order valence-electron chi connectivity index (χ2n) is 9.75. The van der Waals surface area contributed by atoms with Gasteiger partial charge in [0.2, 0.25) is 0 Å². The average Bonchev–Trinajstić information content (AvgIpc) is 2.72. The smallest absolute Gasteiger partial charge is 0.133 e. The Kier molecular flexibility index (Phi) is 3.79. The molecule has 1 N–H and O–H groups in total. The zero-order valence-electron chi connectivity index (χ0n) is 14.8. The molecule has 2 nitrogen and oxygen atoms in total. The Morgan fingerprint density at radius 3 is 2.48 bits per heavy atom. The first-order chi connectivity index (χ1) is 10.7. The predicted octanol–water partition coefficient (Wildman–Crippen LogP) is 4.76. The molecule has 0 saturated heterocycles. The van der Waals surface area contributed by atoms with Gasteiger partial charge in [-0.2, -0.15) is 0 Å². The van der Waals surface area contributed by atoms with E-state index in [1.165, 1.54) is 25.7 Å². The van der Waals surface area contributed by atoms with Gasteiger partial charge >= 0.3 is 0 Å². The molecular weight excluding hydrogens is 399 g/mol. The van der Waals surface area contributed by atoms with Gasteiger partial charge in [-0.15, -0.1) is 0 Å². The number of halogens is 1. The van der Waals surface area contributed by atoms with Crippen LogP contribution >= 0.6 is 22.6 Å². The lowest BCUT2D eigenvalue weighted by Crippen LogP contribution is -2.58. The van der Waals surface area contributed by atoms with Crippen LogP contribution in [0.25, 0.3) is 0 Å². The topological polar surface area (TPSA) is 37.3 Å². The van der Waals surface area contributed by atoms with E-state index < -0.39 is 5.60 Å². The Morgan fingerprint density at radius 1 is 1.04 bits per heavy atom. The Balaban J connectivity index is 1.69. The number of carbonyl (C=O) groups excluding carboxylic acids is 1. The Labute approximate surface area is 154 Å². The summed E-state index contributed by atoms with van der Waals surface area (Å²) >= 11 is 2.65. The molecule has 4 unspecified atom stereocenters. The van der Waals surface area contributed by atoms with Gasteiger partial charge in [0.1, 0.15) is 5.78 Å². The third-order valence-electron chi connectivity index (χ3n) is 9.02. The summed E-state index contributed by atoms with van der Waals surface area (Å²) < 4.78 is 0.635. The normalized spacial score (nSPS) is 59.2. The lowest BCUT2D eigenvalue weighted by molar-refractivity contribution is -0.150. The molecule has 0 bridgehead atoms. The van der Waals surface area contributed by atoms with E-state index in [9.17, 15) is 9.90 Å². The summed E-state index contributed by atoms with van der Waals surface area (Å²) in [5, 5.41) is 11.0. The Morgan fingerprint density at radius 2 is 1.74 bits per heavy atom. The minimum absolute atomic E-state index is 0.109. The third kappa shape index (κ3) is 2.17. The summed E-state index contributed by atoms with van der Waals surface area (Å²) in [4.78, 5) is 12.0. The van der Waals surface area contributed by atoms with Crippen molar-refractivity contribution in [2.45, 2.75) is 81.7 Å². The number of hydrogen-bond acceptors (Lipinski definition) is 2. The molecule has 23 heavy (non-hydrogen) atoms. The van der Waals surface area contributed by atoms with Crippen molar-refractivity contribution in [2.24, 2.45) is 34.5 Å². The summed E-state index contributed by atoms with van der Waals surface area (Å²) in [5.74, 6) is 3.32. The molecule has 0 aromatic rings. The number of Topliss-reactive ketones (excluding diaryl/α,β-unsaturated/α-hetero) is 1. The van der Waals surface area contributed by atoms with Crippen LogP contribution in [-0.4, -0.2) is 20.4 Å². The second kappa shape index (κ2) is 5.18. The van der Waals surface area contributed by atoms with Crippen molar-refractivity contribution in [1.29, 1.82) is 0 Å². The number of ketones is 1. The molecule has 0 heterocycles. The number of rotatable bonds is 0. The van der Waals surface area contributed by atoms with E-state index in [4.69, 9.17) is 0 Å². The highest BCUT2D eigenvalue weighted by Crippen LogP contribution is 2.68. The molecular formula is C20H31IO2. The SMILES string of the molecule is C[C@]12CCC(=O)CC1[C@@H](I)CC1C2CC[C@@]2(C)C1CC[C@]2(C)O. The summed E-state index contributed by atoms with van der Waals surface area (Å²) in [6, 6.07) is 0. The minimum atomic E-state index is -0.482. The lowest BCUT2D eigenvalue weighted by atomic mass is 9.44. The first-order valence-electron chi connectivity index (χ1n) is 9.57. The molecule has 8 atom stereocenters. The van der Waals surface area contributed by atoms with E-state index in [-0.39, 0.29) is 5.41 Å². The van der Waals surface area contributed by atoms with Crippen LogP contribution in [0.15, 0.2) is 0 Å². The molecule has 4 saturated carbocycles. The molecule has 3 heteroatoms. The molecule has 4 aliphatic carbocycles. The van der Waals surface area contributed by atoms with Gasteiger partial charge in [-0.3, -0.25) is 4.79 Å². The standard InChI is InChI=1S/C20H31IO2/c1-18-7-4-12(22)10-16(18)17(21)11-13-14(18)5-8-19(2)15(13)6-9-20(19,3)23/h13-17,23H,4-11H2,1-3H3/t13?,14?,15?,16?,17-,18+,19-,20-/m0/s1. The largest absolute Gasteiger partial charge is 0.390 e. The Bertz CT molecular complexity index is 530. The van der Waals surface area contributed by atoms with Crippen LogP contribution in [-0.2, 0) is 4.79 Å². The molecule has 130 valence electrons. The van der Waals surface area contributed by atoms with Crippen molar-refractivity contribution in [2.75, 3.05) is 0 Å². The van der Waals surface area contributed by atoms with E-state index in [0.29, 0.717) is 27.0 Å². The zero-order valence-corrected chi connectivity index (χ0v) is 16.9. The van der Waals surface area contributed by atoms with Gasteiger partial charge in [-0.1, -0.05) is 36.4 Å². The summed E-state index contributed by atoms with van der Waals surface area (Å²) in [5.41, 5.74) is -0.0135. The van der Waals surface area contributed by atoms with Gasteiger partial charge in [0.05, 0.1) is 5.60 Å². The molecule has 0 amide bonds. The Hall–Kier alpha value is 0.360. The molecule has 0 spiro atoms. The van der Waals surface area contributed by atoms with E-state index in [1.807, 2.05) is 0 Å². The van der Waals surface area contributed by atoms with Crippen LogP contribution in [0.2, 0.25) is 0 Å². The van der Waals surface area contributed by atoms with Crippen LogP contribution in [0.1, 0.15) is 72.1 Å². The maximum atomic E-state index is 12.0. The number of hydrogen-bond donors (Lipinski definition) is 1. The highest BCUT2D eigenvalue weighted by atomic mass is 127. The van der Waals surface area contributed by atoms with Gasteiger partial charge in [-0.25, -0.2) is 0 Å². The van der Waals surface area contributed by atoms with Crippen molar-refractivity contribution in [3.63, 3.8) is 0 Å². The third-order valence-corrected chi connectivity index (χ3v) is 10.4. The van der Waals surface area contributed by atoms with Crippen LogP contribution in [0.4, 0.5) is 0 Å². The fourth-order valence-electron chi connectivity index (χ4n) is 7.28. The number of alkyl halides is 1. The maximum absolute atomic E-state index is 12.0. The summed E-state index contributed by atoms with van der Waals surface area (Å²) in [6.45, 7) is 6.95. The first kappa shape index (κ1) is 16.8. The zero-order chi connectivity index (χ0) is 16.6. The average molecular weight is 430 g/mol. The molecule has 0 aliphatic heterocycles. The van der Waals surface area contributed by atoms with Crippen molar-refractivity contribution >= 4 is 28.4 Å². The summed E-state index contributed by atoms with van der Waals surface area (Å²) in [7, 11) is 0. The van der Waals surface area contributed by atoms with E-state index in [2.05, 4.69) is 43.4 Å². The van der Waals surface area contributed by atoms with E-state index in [0.717, 1.165) is 37.5 Å².